The molecular weight excluding hydrogens is 328 g/mol. The Hall–Kier alpha value is -1.80. The highest BCUT2D eigenvalue weighted by Gasteiger charge is 2.14. The zero-order valence-corrected chi connectivity index (χ0v) is 13.9. The first-order chi connectivity index (χ1) is 10.6. The van der Waals surface area contributed by atoms with Crippen molar-refractivity contribution in [2.45, 2.75) is 19.0 Å². The van der Waals surface area contributed by atoms with Crippen molar-refractivity contribution in [3.63, 3.8) is 0 Å². The average Bonchev–Trinajstić information content (AvgIpc) is 2.52. The van der Waals surface area contributed by atoms with Crippen LogP contribution in [0.3, 0.4) is 0 Å². The van der Waals surface area contributed by atoms with E-state index in [0.717, 1.165) is 4.68 Å². The Labute approximate surface area is 136 Å². The molecule has 0 aliphatic carbocycles. The molecule has 0 atom stereocenters. The summed E-state index contributed by atoms with van der Waals surface area (Å²) < 4.78 is 11.7. The molecule has 0 amide bonds. The number of halogens is 1. The third-order valence-corrected chi connectivity index (χ3v) is 3.44. The molecule has 0 N–H and O–H groups in total. The third-order valence-electron chi connectivity index (χ3n) is 2.55. The summed E-state index contributed by atoms with van der Waals surface area (Å²) in [6.07, 6.45) is 3.21. The fourth-order valence-electron chi connectivity index (χ4n) is 1.65. The first-order valence-electron chi connectivity index (χ1n) is 6.57. The second kappa shape index (κ2) is 7.46. The van der Waals surface area contributed by atoms with Crippen LogP contribution in [-0.2, 0) is 0 Å². The molecule has 22 heavy (non-hydrogen) atoms. The van der Waals surface area contributed by atoms with Gasteiger partial charge in [-0.2, -0.15) is 14.8 Å². The van der Waals surface area contributed by atoms with Crippen molar-refractivity contribution in [2.24, 2.45) is 0 Å². The van der Waals surface area contributed by atoms with Crippen molar-refractivity contribution in [3.8, 4) is 17.4 Å². The number of thioether (sulfide) groups is 1. The lowest BCUT2D eigenvalue weighted by atomic mass is 10.5. The molecule has 0 bridgehead atoms. The van der Waals surface area contributed by atoms with E-state index in [1.165, 1.54) is 24.0 Å². The predicted molar refractivity (Wildman–Crippen MR) is 84.6 cm³/mol. The smallest absolute Gasteiger partial charge is 0.295 e. The zero-order chi connectivity index (χ0) is 16.1. The molecule has 0 saturated heterocycles. The summed E-state index contributed by atoms with van der Waals surface area (Å²) in [6, 6.07) is 1.54. The first-order valence-corrected chi connectivity index (χ1v) is 8.17. The Morgan fingerprint density at radius 2 is 2.00 bits per heavy atom. The van der Waals surface area contributed by atoms with E-state index >= 15 is 0 Å². The molecule has 0 aromatic carbocycles. The van der Waals surface area contributed by atoms with Gasteiger partial charge in [0, 0.05) is 6.07 Å². The highest BCUT2D eigenvalue weighted by Crippen LogP contribution is 2.21. The van der Waals surface area contributed by atoms with Crippen molar-refractivity contribution >= 4 is 23.4 Å². The number of nitrogens with zero attached hydrogens (tertiary/aromatic N) is 4. The second-order valence-electron chi connectivity index (χ2n) is 3.96. The average molecular weight is 343 g/mol. The van der Waals surface area contributed by atoms with Crippen LogP contribution in [0, 0.1) is 0 Å². The monoisotopic (exact) mass is 342 g/mol. The van der Waals surface area contributed by atoms with E-state index in [-0.39, 0.29) is 16.6 Å². The van der Waals surface area contributed by atoms with Crippen molar-refractivity contribution < 1.29 is 9.47 Å². The molecule has 2 aromatic rings. The van der Waals surface area contributed by atoms with Gasteiger partial charge in [-0.15, -0.1) is 0 Å². The Morgan fingerprint density at radius 3 is 2.64 bits per heavy atom. The van der Waals surface area contributed by atoms with Crippen molar-refractivity contribution in [1.29, 1.82) is 0 Å². The van der Waals surface area contributed by atoms with Crippen LogP contribution in [0.15, 0.2) is 22.2 Å². The van der Waals surface area contributed by atoms with E-state index in [1.807, 2.05) is 13.2 Å². The van der Waals surface area contributed by atoms with Gasteiger partial charge in [0.2, 0.25) is 5.88 Å². The van der Waals surface area contributed by atoms with Crippen LogP contribution in [0.1, 0.15) is 13.8 Å². The minimum Gasteiger partial charge on any atom is -0.490 e. The summed E-state index contributed by atoms with van der Waals surface area (Å²) in [7, 11) is 0. The minimum atomic E-state index is -0.513. The molecule has 0 fully saturated rings. The van der Waals surface area contributed by atoms with E-state index in [4.69, 9.17) is 21.1 Å². The van der Waals surface area contributed by atoms with Crippen molar-refractivity contribution in [3.05, 3.63) is 27.6 Å². The maximum absolute atomic E-state index is 12.3. The third kappa shape index (κ3) is 3.50. The minimum absolute atomic E-state index is 0.0425. The molecule has 118 valence electrons. The second-order valence-corrected chi connectivity index (χ2v) is 5.11. The summed E-state index contributed by atoms with van der Waals surface area (Å²) in [5.41, 5.74) is -0.513. The van der Waals surface area contributed by atoms with Crippen molar-refractivity contribution in [2.75, 3.05) is 19.5 Å². The molecule has 0 aliphatic rings. The van der Waals surface area contributed by atoms with Crippen molar-refractivity contribution in [1.82, 2.24) is 19.7 Å². The number of hydrogen-bond acceptors (Lipinski definition) is 7. The Kier molecular flexibility index (Phi) is 5.62. The van der Waals surface area contributed by atoms with Gasteiger partial charge in [0.25, 0.3) is 5.56 Å². The van der Waals surface area contributed by atoms with E-state index in [2.05, 4.69) is 15.1 Å². The molecule has 2 aromatic heterocycles. The largest absolute Gasteiger partial charge is 0.490 e. The topological polar surface area (TPSA) is 79.1 Å². The first kappa shape index (κ1) is 16.6. The predicted octanol–water partition coefficient (Wildman–Crippen LogP) is 2.20. The highest BCUT2D eigenvalue weighted by atomic mass is 35.5. The molecule has 2 rings (SSSR count). The molecular formula is C13H15ClN4O3S. The lowest BCUT2D eigenvalue weighted by molar-refractivity contribution is 0.322. The zero-order valence-electron chi connectivity index (χ0n) is 12.4. The fourth-order valence-corrected chi connectivity index (χ4v) is 2.20. The summed E-state index contributed by atoms with van der Waals surface area (Å²) in [6.45, 7) is 4.49. The van der Waals surface area contributed by atoms with Crippen LogP contribution in [0.4, 0.5) is 0 Å². The van der Waals surface area contributed by atoms with Gasteiger partial charge < -0.3 is 9.47 Å². The SMILES string of the molecule is CCOc1cc(-n2ncc(OCC)c(Cl)c2=O)nc(SC)n1. The Morgan fingerprint density at radius 1 is 1.27 bits per heavy atom. The standard InChI is InChI=1S/C13H15ClN4O3S/c1-4-20-8-7-15-18(12(19)11(8)14)9-6-10(21-5-2)17-13(16-9)22-3/h6-7H,4-5H2,1-3H3. The van der Waals surface area contributed by atoms with Crippen LogP contribution < -0.4 is 15.0 Å². The summed E-state index contributed by atoms with van der Waals surface area (Å²) in [5, 5.41) is 4.47. The maximum Gasteiger partial charge on any atom is 0.295 e. The lowest BCUT2D eigenvalue weighted by Crippen LogP contribution is -2.23. The highest BCUT2D eigenvalue weighted by molar-refractivity contribution is 7.98. The Balaban J connectivity index is 2.54. The van der Waals surface area contributed by atoms with Gasteiger partial charge in [0.15, 0.2) is 21.7 Å². The lowest BCUT2D eigenvalue weighted by Gasteiger charge is -2.10. The fraction of sp³-hybridized carbons (Fsp3) is 0.385. The number of ether oxygens (including phenoxy) is 2. The summed E-state index contributed by atoms with van der Waals surface area (Å²) in [4.78, 5) is 20.8. The van der Waals surface area contributed by atoms with Crippen LogP contribution >= 0.6 is 23.4 Å². The van der Waals surface area contributed by atoms with Gasteiger partial charge in [-0.05, 0) is 20.1 Å². The van der Waals surface area contributed by atoms with E-state index < -0.39 is 5.56 Å². The van der Waals surface area contributed by atoms with Crippen LogP contribution in [0.2, 0.25) is 5.02 Å². The van der Waals surface area contributed by atoms with Crippen LogP contribution in [0.25, 0.3) is 5.82 Å². The van der Waals surface area contributed by atoms with Crippen LogP contribution in [0.5, 0.6) is 11.6 Å². The van der Waals surface area contributed by atoms with Gasteiger partial charge in [-0.1, -0.05) is 23.4 Å². The van der Waals surface area contributed by atoms with Gasteiger partial charge in [0.05, 0.1) is 19.4 Å². The molecule has 0 radical (unpaired) electrons. The van der Waals surface area contributed by atoms with Gasteiger partial charge in [-0.3, -0.25) is 4.79 Å². The quantitative estimate of drug-likeness (QED) is 0.588. The van der Waals surface area contributed by atoms with Gasteiger partial charge >= 0.3 is 0 Å². The normalized spacial score (nSPS) is 10.5. The molecule has 0 aliphatic heterocycles. The Bertz CT molecular complexity index is 723. The van der Waals surface area contributed by atoms with Crippen LogP contribution in [-0.4, -0.2) is 39.2 Å². The molecule has 2 heterocycles. The van der Waals surface area contributed by atoms with E-state index in [1.54, 1.807) is 6.92 Å². The summed E-state index contributed by atoms with van der Waals surface area (Å²) in [5.74, 6) is 0.905. The van der Waals surface area contributed by atoms with E-state index in [0.29, 0.717) is 24.3 Å². The molecule has 0 spiro atoms. The molecule has 0 saturated carbocycles. The molecule has 7 nitrogen and oxygen atoms in total. The molecule has 9 heteroatoms. The number of aromatic nitrogens is 4. The van der Waals surface area contributed by atoms with Gasteiger partial charge in [-0.25, -0.2) is 4.98 Å². The van der Waals surface area contributed by atoms with Gasteiger partial charge in [0.1, 0.15) is 0 Å². The van der Waals surface area contributed by atoms with E-state index in [9.17, 15) is 4.79 Å². The number of rotatable bonds is 6. The summed E-state index contributed by atoms with van der Waals surface area (Å²) >= 11 is 7.36. The molecule has 0 unspecified atom stereocenters. The number of hydrogen-bond donors (Lipinski definition) is 0. The maximum atomic E-state index is 12.3.